The van der Waals surface area contributed by atoms with Crippen LogP contribution in [0.1, 0.15) is 10.4 Å². The molecule has 2 aromatic carbocycles. The Morgan fingerprint density at radius 2 is 1.80 bits per heavy atom. The van der Waals surface area contributed by atoms with Crippen LogP contribution in [-0.2, 0) is 0 Å². The Bertz CT molecular complexity index is 692. The predicted molar refractivity (Wildman–Crippen MR) is 80.6 cm³/mol. The largest absolute Gasteiger partial charge is 0.398 e. The number of carbonyl (C=O) groups is 1. The van der Waals surface area contributed by atoms with Gasteiger partial charge in [-0.15, -0.1) is 0 Å². The molecule has 0 atom stereocenters. The molecule has 3 nitrogen and oxygen atoms in total. The van der Waals surface area contributed by atoms with Crippen LogP contribution in [0.4, 0.5) is 20.2 Å². The van der Waals surface area contributed by atoms with E-state index in [2.05, 4.69) is 37.2 Å². The fraction of sp³-hybridized carbons (Fsp3) is 0. The van der Waals surface area contributed by atoms with Crippen molar-refractivity contribution in [2.45, 2.75) is 0 Å². The number of rotatable bonds is 2. The number of nitrogen functional groups attached to an aromatic ring is 1. The van der Waals surface area contributed by atoms with Crippen molar-refractivity contribution in [3.63, 3.8) is 0 Å². The molecule has 0 radical (unpaired) electrons. The number of anilines is 2. The van der Waals surface area contributed by atoms with Gasteiger partial charge < -0.3 is 11.1 Å². The first-order chi connectivity index (χ1) is 9.38. The summed E-state index contributed by atoms with van der Waals surface area (Å²) in [5.74, 6) is -2.19. The molecule has 2 rings (SSSR count). The molecule has 0 aliphatic heterocycles. The molecule has 20 heavy (non-hydrogen) atoms. The number of nitrogens with one attached hydrogen (secondary N) is 1. The van der Waals surface area contributed by atoms with Gasteiger partial charge in [0.15, 0.2) is 0 Å². The maximum Gasteiger partial charge on any atom is 0.257 e. The van der Waals surface area contributed by atoms with Crippen LogP contribution >= 0.6 is 31.9 Å². The summed E-state index contributed by atoms with van der Waals surface area (Å²) in [7, 11) is 0. The van der Waals surface area contributed by atoms with Crippen LogP contribution in [0, 0.1) is 11.6 Å². The van der Waals surface area contributed by atoms with Gasteiger partial charge in [-0.05, 0) is 40.2 Å². The second kappa shape index (κ2) is 5.88. The van der Waals surface area contributed by atoms with Crippen LogP contribution < -0.4 is 11.1 Å². The quantitative estimate of drug-likeness (QED) is 0.577. The monoisotopic (exact) mass is 404 g/mol. The Hall–Kier alpha value is -1.47. The van der Waals surface area contributed by atoms with Crippen molar-refractivity contribution >= 4 is 49.1 Å². The summed E-state index contributed by atoms with van der Waals surface area (Å²) < 4.78 is 27.4. The summed E-state index contributed by atoms with van der Waals surface area (Å²) in [6.07, 6.45) is 0. The summed E-state index contributed by atoms with van der Waals surface area (Å²) in [4.78, 5) is 12.0. The molecule has 3 N–H and O–H groups in total. The highest BCUT2D eigenvalue weighted by Crippen LogP contribution is 2.25. The average molecular weight is 406 g/mol. The highest BCUT2D eigenvalue weighted by molar-refractivity contribution is 9.10. The molecule has 2 aromatic rings. The first kappa shape index (κ1) is 14.9. The fourth-order valence-corrected chi connectivity index (χ4v) is 2.27. The second-order valence-corrected chi connectivity index (χ2v) is 5.70. The van der Waals surface area contributed by atoms with Gasteiger partial charge in [0.25, 0.3) is 5.91 Å². The number of halogens is 4. The summed E-state index contributed by atoms with van der Waals surface area (Å²) in [5, 5.41) is 2.35. The Labute approximate surface area is 130 Å². The molecule has 0 saturated heterocycles. The normalized spacial score (nSPS) is 10.4. The number of nitrogens with two attached hydrogens (primary N) is 1. The molecule has 0 bridgehead atoms. The molecule has 104 valence electrons. The van der Waals surface area contributed by atoms with Crippen LogP contribution in [0.25, 0.3) is 0 Å². The average Bonchev–Trinajstić information content (AvgIpc) is 2.35. The molecule has 0 heterocycles. The number of amides is 1. The lowest BCUT2D eigenvalue weighted by atomic mass is 10.1. The Morgan fingerprint density at radius 3 is 2.45 bits per heavy atom. The van der Waals surface area contributed by atoms with Gasteiger partial charge in [-0.3, -0.25) is 4.79 Å². The molecule has 0 fully saturated rings. The van der Waals surface area contributed by atoms with E-state index in [0.29, 0.717) is 6.07 Å². The fourth-order valence-electron chi connectivity index (χ4n) is 1.55. The lowest BCUT2D eigenvalue weighted by molar-refractivity contribution is 0.102. The van der Waals surface area contributed by atoms with E-state index in [4.69, 9.17) is 5.73 Å². The van der Waals surface area contributed by atoms with E-state index in [0.717, 1.165) is 10.5 Å². The third kappa shape index (κ3) is 3.16. The zero-order valence-corrected chi connectivity index (χ0v) is 13.1. The molecule has 0 spiro atoms. The van der Waals surface area contributed by atoms with Crippen molar-refractivity contribution in [2.75, 3.05) is 11.1 Å². The van der Waals surface area contributed by atoms with E-state index in [9.17, 15) is 13.6 Å². The van der Waals surface area contributed by atoms with E-state index in [1.54, 1.807) is 12.1 Å². The van der Waals surface area contributed by atoms with Crippen LogP contribution in [0.2, 0.25) is 0 Å². The van der Waals surface area contributed by atoms with E-state index in [1.807, 2.05) is 0 Å². The van der Waals surface area contributed by atoms with Gasteiger partial charge in [-0.25, -0.2) is 8.78 Å². The van der Waals surface area contributed by atoms with Crippen molar-refractivity contribution in [3.8, 4) is 0 Å². The highest BCUT2D eigenvalue weighted by atomic mass is 79.9. The minimum Gasteiger partial charge on any atom is -0.398 e. The SMILES string of the molecule is Nc1cc(Br)ccc1C(=O)Nc1cc(Br)c(F)cc1F. The molecule has 0 aromatic heterocycles. The van der Waals surface area contributed by atoms with E-state index < -0.39 is 17.5 Å². The molecule has 0 unspecified atom stereocenters. The molecular weight excluding hydrogens is 398 g/mol. The van der Waals surface area contributed by atoms with E-state index >= 15 is 0 Å². The maximum absolute atomic E-state index is 13.6. The summed E-state index contributed by atoms with van der Waals surface area (Å²) in [6, 6.07) is 6.54. The molecule has 0 aliphatic carbocycles. The zero-order chi connectivity index (χ0) is 14.9. The molecule has 0 saturated carbocycles. The molecule has 1 amide bonds. The molecular formula is C13H8Br2F2N2O. The van der Waals surface area contributed by atoms with Crippen molar-refractivity contribution in [1.29, 1.82) is 0 Å². The van der Waals surface area contributed by atoms with Gasteiger partial charge in [-0.2, -0.15) is 0 Å². The molecule has 7 heteroatoms. The standard InChI is InChI=1S/C13H8Br2F2N2O/c14-6-1-2-7(11(18)3-6)13(20)19-12-4-8(15)9(16)5-10(12)17/h1-5H,18H2,(H,19,20). The summed E-state index contributed by atoms with van der Waals surface area (Å²) >= 11 is 6.15. The highest BCUT2D eigenvalue weighted by Gasteiger charge is 2.14. The van der Waals surface area contributed by atoms with E-state index in [1.165, 1.54) is 6.07 Å². The van der Waals surface area contributed by atoms with Crippen molar-refractivity contribution in [3.05, 3.63) is 56.5 Å². The Kier molecular flexibility index (Phi) is 4.39. The maximum atomic E-state index is 13.6. The lowest BCUT2D eigenvalue weighted by Gasteiger charge is -2.09. The van der Waals surface area contributed by atoms with Crippen LogP contribution in [0.3, 0.4) is 0 Å². The molecule has 0 aliphatic rings. The first-order valence-electron chi connectivity index (χ1n) is 5.39. The number of hydrogen-bond acceptors (Lipinski definition) is 2. The van der Waals surface area contributed by atoms with Crippen molar-refractivity contribution in [2.24, 2.45) is 0 Å². The third-order valence-corrected chi connectivity index (χ3v) is 3.62. The lowest BCUT2D eigenvalue weighted by Crippen LogP contribution is -2.15. The van der Waals surface area contributed by atoms with Gasteiger partial charge in [-0.1, -0.05) is 15.9 Å². The van der Waals surface area contributed by atoms with E-state index in [-0.39, 0.29) is 21.4 Å². The van der Waals surface area contributed by atoms with Crippen LogP contribution in [0.15, 0.2) is 39.3 Å². The number of carbonyl (C=O) groups excluding carboxylic acids is 1. The van der Waals surface area contributed by atoms with Gasteiger partial charge in [0.1, 0.15) is 11.6 Å². The predicted octanol–water partition coefficient (Wildman–Crippen LogP) is 4.32. The smallest absolute Gasteiger partial charge is 0.257 e. The third-order valence-electron chi connectivity index (χ3n) is 2.52. The number of hydrogen-bond donors (Lipinski definition) is 2. The van der Waals surface area contributed by atoms with Gasteiger partial charge in [0.2, 0.25) is 0 Å². The Morgan fingerprint density at radius 1 is 1.10 bits per heavy atom. The zero-order valence-electron chi connectivity index (χ0n) is 9.88. The summed E-state index contributed by atoms with van der Waals surface area (Å²) in [6.45, 7) is 0. The van der Waals surface area contributed by atoms with Crippen molar-refractivity contribution in [1.82, 2.24) is 0 Å². The minimum atomic E-state index is -0.866. The Balaban J connectivity index is 2.30. The van der Waals surface area contributed by atoms with Crippen molar-refractivity contribution < 1.29 is 13.6 Å². The van der Waals surface area contributed by atoms with Gasteiger partial charge in [0.05, 0.1) is 15.7 Å². The van der Waals surface area contributed by atoms with Gasteiger partial charge >= 0.3 is 0 Å². The van der Waals surface area contributed by atoms with Crippen LogP contribution in [-0.4, -0.2) is 5.91 Å². The second-order valence-electron chi connectivity index (χ2n) is 3.93. The summed E-state index contributed by atoms with van der Waals surface area (Å²) in [5.41, 5.74) is 6.03. The van der Waals surface area contributed by atoms with Crippen LogP contribution in [0.5, 0.6) is 0 Å². The number of benzene rings is 2. The minimum absolute atomic E-state index is 0.0537. The first-order valence-corrected chi connectivity index (χ1v) is 6.98. The topological polar surface area (TPSA) is 55.1 Å². The van der Waals surface area contributed by atoms with Gasteiger partial charge in [0, 0.05) is 16.2 Å².